The minimum absolute atomic E-state index is 0.0131. The fraction of sp³-hybridized carbons (Fsp3) is 0.115. The maximum Gasteiger partial charge on any atom is 0.326 e. The minimum atomic E-state index is -1.16. The van der Waals surface area contributed by atoms with Gasteiger partial charge in [-0.25, -0.2) is 4.79 Å². The first-order valence-corrected chi connectivity index (χ1v) is 10.4. The van der Waals surface area contributed by atoms with Crippen LogP contribution in [0.3, 0.4) is 0 Å². The van der Waals surface area contributed by atoms with E-state index >= 15 is 0 Å². The van der Waals surface area contributed by atoms with Gasteiger partial charge >= 0.3 is 5.97 Å². The van der Waals surface area contributed by atoms with Crippen LogP contribution in [0.5, 0.6) is 5.75 Å². The minimum Gasteiger partial charge on any atom is -0.497 e. The molecular formula is C26H22N2O6. The summed E-state index contributed by atoms with van der Waals surface area (Å²) in [6.45, 7) is 0. The molecule has 4 rings (SSSR count). The molecule has 8 nitrogen and oxygen atoms in total. The van der Waals surface area contributed by atoms with Crippen LogP contribution in [-0.4, -0.2) is 36.0 Å². The van der Waals surface area contributed by atoms with Gasteiger partial charge in [-0.2, -0.15) is 0 Å². The Morgan fingerprint density at radius 1 is 1.00 bits per heavy atom. The zero-order chi connectivity index (χ0) is 24.2. The van der Waals surface area contributed by atoms with Crippen molar-refractivity contribution >= 4 is 28.8 Å². The molecule has 0 unspecified atom stereocenters. The number of carbonyl (C=O) groups excluding carboxylic acids is 2. The molecule has 0 saturated heterocycles. The number of benzene rings is 3. The number of nitrogens with one attached hydrogen (secondary N) is 1. The number of carboxylic acid groups (broad SMARTS) is 1. The van der Waals surface area contributed by atoms with Crippen LogP contribution in [0.15, 0.2) is 77.2 Å². The molecule has 2 amide bonds. The fourth-order valence-corrected chi connectivity index (χ4v) is 3.61. The lowest BCUT2D eigenvalue weighted by molar-refractivity contribution is -0.139. The van der Waals surface area contributed by atoms with E-state index in [1.54, 1.807) is 54.6 Å². The normalized spacial score (nSPS) is 11.7. The van der Waals surface area contributed by atoms with Gasteiger partial charge in [-0.05, 0) is 53.1 Å². The van der Waals surface area contributed by atoms with E-state index in [-0.39, 0.29) is 12.2 Å². The predicted octanol–water partition coefficient (Wildman–Crippen LogP) is 3.63. The van der Waals surface area contributed by atoms with Crippen molar-refractivity contribution in [3.8, 4) is 16.9 Å². The van der Waals surface area contributed by atoms with Gasteiger partial charge in [0.15, 0.2) is 5.76 Å². The molecule has 0 saturated carbocycles. The van der Waals surface area contributed by atoms with Crippen molar-refractivity contribution < 1.29 is 28.6 Å². The number of ether oxygens (including phenoxy) is 1. The molecule has 0 aliphatic rings. The van der Waals surface area contributed by atoms with E-state index in [1.165, 1.54) is 7.11 Å². The number of carbonyl (C=O) groups is 3. The first-order chi connectivity index (χ1) is 16.3. The van der Waals surface area contributed by atoms with Gasteiger partial charge in [-0.15, -0.1) is 0 Å². The average molecular weight is 458 g/mol. The Bertz CT molecular complexity index is 1370. The van der Waals surface area contributed by atoms with Crippen LogP contribution in [0, 0.1) is 0 Å². The lowest BCUT2D eigenvalue weighted by atomic mass is 9.99. The van der Waals surface area contributed by atoms with Crippen molar-refractivity contribution in [2.45, 2.75) is 12.5 Å². The van der Waals surface area contributed by atoms with E-state index < -0.39 is 23.8 Å². The highest BCUT2D eigenvalue weighted by molar-refractivity contribution is 5.98. The Morgan fingerprint density at radius 2 is 1.76 bits per heavy atom. The van der Waals surface area contributed by atoms with E-state index in [0.717, 1.165) is 16.7 Å². The van der Waals surface area contributed by atoms with Gasteiger partial charge in [-0.3, -0.25) is 9.59 Å². The van der Waals surface area contributed by atoms with Crippen LogP contribution in [0.2, 0.25) is 0 Å². The van der Waals surface area contributed by atoms with Crippen LogP contribution in [-0.2, 0) is 11.2 Å². The first kappa shape index (κ1) is 22.6. The second-order valence-electron chi connectivity index (χ2n) is 7.72. The number of methoxy groups -OCH3 is 1. The van der Waals surface area contributed by atoms with E-state index in [1.807, 2.05) is 18.2 Å². The van der Waals surface area contributed by atoms with Crippen molar-refractivity contribution in [1.82, 2.24) is 5.32 Å². The summed E-state index contributed by atoms with van der Waals surface area (Å²) in [5, 5.41) is 12.8. The lowest BCUT2D eigenvalue weighted by Gasteiger charge is -2.14. The molecule has 0 spiro atoms. The average Bonchev–Trinajstić information content (AvgIpc) is 3.27. The number of aliphatic carboxylic acids is 1. The zero-order valence-electron chi connectivity index (χ0n) is 18.3. The number of nitrogens with two attached hydrogens (primary N) is 1. The summed E-state index contributed by atoms with van der Waals surface area (Å²) in [6.07, 6.45) is 0.0801. The number of furan rings is 1. The SMILES string of the molecule is COc1ccc2oc(C(=O)N[C@@H](Cc3ccc(-c4cccc(C(N)=O)c4)cc3)C(=O)O)cc2c1. The standard InChI is InChI=1S/C26H22N2O6/c1-33-20-9-10-22-19(13-20)14-23(34-22)25(30)28-21(26(31)32)11-15-5-7-16(8-6-15)17-3-2-4-18(12-17)24(27)29/h2-10,12-14,21H,11H2,1H3,(H2,27,29)(H,28,30)(H,31,32)/t21-/m0/s1. The number of primary amides is 1. The van der Waals surface area contributed by atoms with Crippen LogP contribution < -0.4 is 15.8 Å². The van der Waals surface area contributed by atoms with Crippen molar-refractivity contribution in [2.24, 2.45) is 5.73 Å². The van der Waals surface area contributed by atoms with Crippen LogP contribution in [0.4, 0.5) is 0 Å². The molecular weight excluding hydrogens is 436 g/mol. The largest absolute Gasteiger partial charge is 0.497 e. The summed E-state index contributed by atoms with van der Waals surface area (Å²) in [7, 11) is 1.54. The molecule has 0 aliphatic carbocycles. The van der Waals surface area contributed by atoms with Crippen molar-refractivity contribution in [3.63, 3.8) is 0 Å². The Kier molecular flexibility index (Phi) is 6.31. The Morgan fingerprint density at radius 3 is 2.44 bits per heavy atom. The molecule has 8 heteroatoms. The number of amides is 2. The Hall–Kier alpha value is -4.59. The maximum atomic E-state index is 12.7. The molecule has 172 valence electrons. The molecule has 1 heterocycles. The summed E-state index contributed by atoms with van der Waals surface area (Å²) < 4.78 is 10.7. The smallest absolute Gasteiger partial charge is 0.326 e. The predicted molar refractivity (Wildman–Crippen MR) is 126 cm³/mol. The molecule has 0 radical (unpaired) electrons. The number of hydrogen-bond donors (Lipinski definition) is 3. The third-order valence-corrected chi connectivity index (χ3v) is 5.42. The topological polar surface area (TPSA) is 132 Å². The number of carboxylic acids is 1. The maximum absolute atomic E-state index is 12.7. The lowest BCUT2D eigenvalue weighted by Crippen LogP contribution is -2.42. The summed E-state index contributed by atoms with van der Waals surface area (Å²) in [6, 6.07) is 19.6. The molecule has 1 atom stereocenters. The number of rotatable bonds is 8. The Balaban J connectivity index is 1.48. The van der Waals surface area contributed by atoms with E-state index in [2.05, 4.69) is 5.32 Å². The zero-order valence-corrected chi connectivity index (χ0v) is 18.3. The van der Waals surface area contributed by atoms with Gasteiger partial charge in [0.1, 0.15) is 17.4 Å². The molecule has 34 heavy (non-hydrogen) atoms. The van der Waals surface area contributed by atoms with Gasteiger partial charge < -0.3 is 25.3 Å². The second-order valence-corrected chi connectivity index (χ2v) is 7.72. The Labute approximate surface area is 194 Å². The van der Waals surface area contributed by atoms with Crippen LogP contribution in [0.1, 0.15) is 26.5 Å². The molecule has 1 aromatic heterocycles. The quantitative estimate of drug-likeness (QED) is 0.369. The summed E-state index contributed by atoms with van der Waals surface area (Å²) in [4.78, 5) is 35.9. The highest BCUT2D eigenvalue weighted by atomic mass is 16.5. The summed E-state index contributed by atoms with van der Waals surface area (Å²) >= 11 is 0. The summed E-state index contributed by atoms with van der Waals surface area (Å²) in [5.74, 6) is -1.67. The molecule has 0 aliphatic heterocycles. The molecule has 0 bridgehead atoms. The molecule has 0 fully saturated rings. The molecule has 4 N–H and O–H groups in total. The third kappa shape index (κ3) is 4.91. The van der Waals surface area contributed by atoms with Gasteiger partial charge in [0.25, 0.3) is 5.91 Å². The second kappa shape index (κ2) is 9.50. The fourth-order valence-electron chi connectivity index (χ4n) is 3.61. The van der Waals surface area contributed by atoms with E-state index in [4.69, 9.17) is 14.9 Å². The van der Waals surface area contributed by atoms with Crippen molar-refractivity contribution in [1.29, 1.82) is 0 Å². The van der Waals surface area contributed by atoms with Gasteiger partial charge in [-0.1, -0.05) is 36.4 Å². The van der Waals surface area contributed by atoms with Gasteiger partial charge in [0, 0.05) is 17.4 Å². The van der Waals surface area contributed by atoms with Crippen molar-refractivity contribution in [3.05, 3.63) is 89.7 Å². The van der Waals surface area contributed by atoms with Gasteiger partial charge in [0.2, 0.25) is 5.91 Å². The molecule has 3 aromatic carbocycles. The third-order valence-electron chi connectivity index (χ3n) is 5.42. The number of hydrogen-bond acceptors (Lipinski definition) is 5. The van der Waals surface area contributed by atoms with Crippen LogP contribution >= 0.6 is 0 Å². The van der Waals surface area contributed by atoms with E-state index in [9.17, 15) is 19.5 Å². The van der Waals surface area contributed by atoms with Crippen molar-refractivity contribution in [2.75, 3.05) is 7.11 Å². The first-order valence-electron chi connectivity index (χ1n) is 10.4. The number of fused-ring (bicyclic) bond motifs is 1. The highest BCUT2D eigenvalue weighted by Gasteiger charge is 2.23. The van der Waals surface area contributed by atoms with Crippen LogP contribution in [0.25, 0.3) is 22.1 Å². The van der Waals surface area contributed by atoms with E-state index in [0.29, 0.717) is 22.3 Å². The summed E-state index contributed by atoms with van der Waals surface area (Å²) in [5.41, 5.74) is 8.62. The van der Waals surface area contributed by atoms with Gasteiger partial charge in [0.05, 0.1) is 7.11 Å². The molecule has 4 aromatic rings. The highest BCUT2D eigenvalue weighted by Crippen LogP contribution is 2.25. The monoisotopic (exact) mass is 458 g/mol.